The Morgan fingerprint density at radius 1 is 1.15 bits per heavy atom. The van der Waals surface area contributed by atoms with E-state index in [1.54, 1.807) is 0 Å². The summed E-state index contributed by atoms with van der Waals surface area (Å²) in [5.41, 5.74) is 5.76. The smallest absolute Gasteiger partial charge is 0.245 e. The lowest BCUT2D eigenvalue weighted by Gasteiger charge is -2.19. The number of benzene rings is 1. The number of ether oxygens (including phenoxy) is 1. The van der Waals surface area contributed by atoms with Gasteiger partial charge in [-0.1, -0.05) is 13.8 Å². The zero-order valence-electron chi connectivity index (χ0n) is 16.0. The lowest BCUT2D eigenvalue weighted by molar-refractivity contribution is 0.322. The molecule has 0 saturated carbocycles. The van der Waals surface area contributed by atoms with Crippen molar-refractivity contribution in [3.8, 4) is 5.75 Å². The van der Waals surface area contributed by atoms with Crippen molar-refractivity contribution in [1.82, 2.24) is 5.32 Å². The first-order chi connectivity index (χ1) is 12.4. The Bertz CT molecular complexity index is 802. The molecule has 0 atom stereocenters. The number of anilines is 1. The predicted octanol–water partition coefficient (Wildman–Crippen LogP) is 0.741. The zero-order valence-corrected chi connectivity index (χ0v) is 17.7. The molecular formula is C16H28N4O5S2. The number of guanidine groups is 1. The first kappa shape index (κ1) is 23.0. The number of rotatable bonds is 10. The van der Waals surface area contributed by atoms with Crippen molar-refractivity contribution >= 4 is 31.7 Å². The molecule has 0 amide bonds. The summed E-state index contributed by atoms with van der Waals surface area (Å²) in [5, 5.41) is 2.93. The third-order valence-electron chi connectivity index (χ3n) is 3.32. The number of nitrogens with zero attached hydrogens (tertiary/aromatic N) is 2. The lowest BCUT2D eigenvalue weighted by Crippen LogP contribution is -2.35. The van der Waals surface area contributed by atoms with Gasteiger partial charge in [0.15, 0.2) is 5.96 Å². The fourth-order valence-corrected chi connectivity index (χ4v) is 5.12. The molecule has 0 aliphatic heterocycles. The Labute approximate surface area is 161 Å². The van der Waals surface area contributed by atoms with Crippen LogP contribution in [0.2, 0.25) is 0 Å². The van der Waals surface area contributed by atoms with Crippen LogP contribution in [0.1, 0.15) is 20.3 Å². The van der Waals surface area contributed by atoms with Gasteiger partial charge in [0.1, 0.15) is 12.4 Å². The number of hydrogen-bond acceptors (Lipinski definition) is 6. The molecule has 0 radical (unpaired) electrons. The number of nitrogens with one attached hydrogen (secondary N) is 1. The van der Waals surface area contributed by atoms with E-state index in [0.29, 0.717) is 41.0 Å². The summed E-state index contributed by atoms with van der Waals surface area (Å²) < 4.78 is 52.8. The molecule has 0 aromatic heterocycles. The van der Waals surface area contributed by atoms with E-state index >= 15 is 0 Å². The van der Waals surface area contributed by atoms with Crippen LogP contribution in [-0.2, 0) is 20.0 Å². The summed E-state index contributed by atoms with van der Waals surface area (Å²) in [5.74, 6) is 1.39. The molecule has 0 fully saturated rings. The van der Waals surface area contributed by atoms with E-state index in [2.05, 4.69) is 24.2 Å². The normalized spacial score (nSPS) is 12.9. The van der Waals surface area contributed by atoms with Gasteiger partial charge in [-0.2, -0.15) is 3.71 Å². The largest absolute Gasteiger partial charge is 0.492 e. The van der Waals surface area contributed by atoms with Crippen molar-refractivity contribution < 1.29 is 21.6 Å². The first-order valence-electron chi connectivity index (χ1n) is 8.38. The second kappa shape index (κ2) is 9.79. The van der Waals surface area contributed by atoms with E-state index in [9.17, 15) is 16.8 Å². The van der Waals surface area contributed by atoms with Crippen LogP contribution in [0, 0.1) is 5.92 Å². The van der Waals surface area contributed by atoms with Crippen LogP contribution < -0.4 is 19.5 Å². The maximum atomic E-state index is 11.7. The minimum Gasteiger partial charge on any atom is -0.492 e. The average molecular weight is 421 g/mol. The first-order valence-corrected chi connectivity index (χ1v) is 12.1. The number of aliphatic imine (C=N–C) groups is 1. The van der Waals surface area contributed by atoms with Gasteiger partial charge < -0.3 is 15.8 Å². The molecule has 1 aromatic rings. The van der Waals surface area contributed by atoms with Gasteiger partial charge >= 0.3 is 0 Å². The molecule has 0 bridgehead atoms. The monoisotopic (exact) mass is 420 g/mol. The molecule has 154 valence electrons. The molecule has 0 unspecified atom stereocenters. The third kappa shape index (κ3) is 8.48. The number of hydrogen-bond donors (Lipinski definition) is 2. The Morgan fingerprint density at radius 3 is 2.19 bits per heavy atom. The molecule has 3 N–H and O–H groups in total. The van der Waals surface area contributed by atoms with Crippen LogP contribution in [0.4, 0.5) is 5.69 Å². The topological polar surface area (TPSA) is 131 Å². The highest BCUT2D eigenvalue weighted by molar-refractivity contribution is 8.09. The molecule has 0 heterocycles. The molecule has 27 heavy (non-hydrogen) atoms. The molecule has 0 aliphatic rings. The summed E-state index contributed by atoms with van der Waals surface area (Å²) in [4.78, 5) is 4.19. The Kier molecular flexibility index (Phi) is 8.35. The molecule has 1 rings (SSSR count). The Balaban J connectivity index is 2.58. The van der Waals surface area contributed by atoms with Crippen molar-refractivity contribution in [2.75, 3.05) is 35.9 Å². The van der Waals surface area contributed by atoms with Crippen molar-refractivity contribution in [3.63, 3.8) is 0 Å². The molecule has 0 saturated heterocycles. The van der Waals surface area contributed by atoms with Crippen molar-refractivity contribution in [2.45, 2.75) is 20.3 Å². The van der Waals surface area contributed by atoms with Crippen LogP contribution in [-0.4, -0.2) is 55.0 Å². The van der Waals surface area contributed by atoms with Crippen molar-refractivity contribution in [2.24, 2.45) is 16.6 Å². The number of nitrogens with two attached hydrogens (primary N) is 1. The molecule has 1 aromatic carbocycles. The van der Waals surface area contributed by atoms with Crippen LogP contribution in [0.15, 0.2) is 29.3 Å². The van der Waals surface area contributed by atoms with Gasteiger partial charge in [0.05, 0.1) is 24.7 Å². The summed E-state index contributed by atoms with van der Waals surface area (Å²) in [6, 6.07) is 5.73. The van der Waals surface area contributed by atoms with Gasteiger partial charge in [0.25, 0.3) is 0 Å². The molecule has 0 spiro atoms. The Morgan fingerprint density at radius 2 is 1.70 bits per heavy atom. The highest BCUT2D eigenvalue weighted by Crippen LogP contribution is 2.23. The predicted molar refractivity (Wildman–Crippen MR) is 108 cm³/mol. The molecular weight excluding hydrogens is 392 g/mol. The standard InChI is InChI=1S/C16H28N4O5S2/c1-13(2)9-10-18-16(17)19-11-12-25-15-7-5-14(6-8-15)20(26(3,21)22)27(4,23)24/h5-8,13H,9-12H2,1-4H3,(H3,17,18,19). The molecule has 9 nitrogen and oxygen atoms in total. The lowest BCUT2D eigenvalue weighted by atomic mass is 10.1. The van der Waals surface area contributed by atoms with Gasteiger partial charge in [-0.05, 0) is 36.6 Å². The minimum atomic E-state index is -3.96. The van der Waals surface area contributed by atoms with Crippen LogP contribution in [0.5, 0.6) is 5.75 Å². The second-order valence-electron chi connectivity index (χ2n) is 6.44. The summed E-state index contributed by atoms with van der Waals surface area (Å²) in [6.07, 6.45) is 2.62. The highest BCUT2D eigenvalue weighted by Gasteiger charge is 2.27. The zero-order chi connectivity index (χ0) is 20.7. The van der Waals surface area contributed by atoms with Gasteiger partial charge in [0, 0.05) is 6.54 Å². The fraction of sp³-hybridized carbons (Fsp3) is 0.562. The number of sulfonamides is 2. The van der Waals surface area contributed by atoms with E-state index in [-0.39, 0.29) is 5.69 Å². The van der Waals surface area contributed by atoms with E-state index < -0.39 is 20.0 Å². The minimum absolute atomic E-state index is 0.0204. The van der Waals surface area contributed by atoms with E-state index in [1.807, 2.05) is 0 Å². The van der Waals surface area contributed by atoms with Gasteiger partial charge in [-0.15, -0.1) is 0 Å². The molecule has 11 heteroatoms. The van der Waals surface area contributed by atoms with Crippen molar-refractivity contribution in [3.05, 3.63) is 24.3 Å². The van der Waals surface area contributed by atoms with E-state index in [4.69, 9.17) is 10.5 Å². The van der Waals surface area contributed by atoms with Gasteiger partial charge in [-0.25, -0.2) is 16.8 Å². The van der Waals surface area contributed by atoms with Crippen molar-refractivity contribution in [1.29, 1.82) is 0 Å². The SMILES string of the molecule is CC(C)CCN=C(N)NCCOc1ccc(N(S(C)(=O)=O)S(C)(=O)=O)cc1. The van der Waals surface area contributed by atoms with E-state index in [0.717, 1.165) is 18.9 Å². The van der Waals surface area contributed by atoms with E-state index in [1.165, 1.54) is 24.3 Å². The Hall–Kier alpha value is -2.01. The summed E-state index contributed by atoms with van der Waals surface area (Å²) in [6.45, 7) is 5.64. The maximum Gasteiger partial charge on any atom is 0.245 e. The summed E-state index contributed by atoms with van der Waals surface area (Å²) in [7, 11) is -7.93. The quantitative estimate of drug-likeness (QED) is 0.324. The summed E-state index contributed by atoms with van der Waals surface area (Å²) >= 11 is 0. The van der Waals surface area contributed by atoms with Crippen LogP contribution in [0.3, 0.4) is 0 Å². The third-order valence-corrected chi connectivity index (χ3v) is 6.57. The van der Waals surface area contributed by atoms with Crippen LogP contribution >= 0.6 is 0 Å². The molecule has 0 aliphatic carbocycles. The highest BCUT2D eigenvalue weighted by atomic mass is 32.3. The van der Waals surface area contributed by atoms with Gasteiger partial charge in [-0.3, -0.25) is 4.99 Å². The van der Waals surface area contributed by atoms with Gasteiger partial charge in [0.2, 0.25) is 20.0 Å². The average Bonchev–Trinajstić information content (AvgIpc) is 2.50. The fourth-order valence-electron chi connectivity index (χ4n) is 2.14. The second-order valence-corrected chi connectivity index (χ2v) is 10.3. The maximum absolute atomic E-state index is 11.7. The van der Waals surface area contributed by atoms with Crippen LogP contribution in [0.25, 0.3) is 0 Å².